The van der Waals surface area contributed by atoms with Crippen molar-refractivity contribution in [3.05, 3.63) is 65.2 Å². The number of fused-ring (bicyclic) bond motifs is 1. The number of nitrogens with one attached hydrogen (secondary N) is 1. The van der Waals surface area contributed by atoms with Crippen LogP contribution in [0.1, 0.15) is 23.1 Å². The molecule has 1 aliphatic rings. The third-order valence-electron chi connectivity index (χ3n) is 4.17. The molecule has 114 valence electrons. The molecule has 1 N–H and O–H groups in total. The fourth-order valence-corrected chi connectivity index (χ4v) is 2.94. The molecule has 0 saturated heterocycles. The van der Waals surface area contributed by atoms with Crippen LogP contribution in [0.25, 0.3) is 0 Å². The number of rotatable bonds is 4. The van der Waals surface area contributed by atoms with Crippen molar-refractivity contribution in [1.29, 1.82) is 0 Å². The Morgan fingerprint density at radius 3 is 2.77 bits per heavy atom. The van der Waals surface area contributed by atoms with Crippen LogP contribution in [0.15, 0.2) is 48.5 Å². The van der Waals surface area contributed by atoms with E-state index in [0.717, 1.165) is 25.2 Å². The van der Waals surface area contributed by atoms with Gasteiger partial charge in [0.25, 0.3) is 0 Å². The van der Waals surface area contributed by atoms with E-state index in [1.807, 2.05) is 23.1 Å². The summed E-state index contributed by atoms with van der Waals surface area (Å²) in [6.45, 7) is 4.34. The molecule has 0 atom stereocenters. The molecule has 1 aliphatic heterocycles. The van der Waals surface area contributed by atoms with Crippen molar-refractivity contribution in [2.45, 2.75) is 26.3 Å². The van der Waals surface area contributed by atoms with Crippen molar-refractivity contribution in [3.8, 4) is 0 Å². The van der Waals surface area contributed by atoms with Gasteiger partial charge in [0.2, 0.25) is 5.91 Å². The largest absolute Gasteiger partial charge is 0.385 e. The van der Waals surface area contributed by atoms with E-state index in [9.17, 15) is 4.79 Å². The van der Waals surface area contributed by atoms with Crippen LogP contribution in [0.5, 0.6) is 0 Å². The zero-order valence-electron chi connectivity index (χ0n) is 13.0. The zero-order chi connectivity index (χ0) is 15.4. The molecule has 0 aromatic heterocycles. The first-order valence-corrected chi connectivity index (χ1v) is 7.87. The van der Waals surface area contributed by atoms with Crippen molar-refractivity contribution in [3.63, 3.8) is 0 Å². The van der Waals surface area contributed by atoms with E-state index in [1.165, 1.54) is 16.7 Å². The third kappa shape index (κ3) is 3.48. The van der Waals surface area contributed by atoms with Crippen LogP contribution >= 0.6 is 0 Å². The summed E-state index contributed by atoms with van der Waals surface area (Å²) in [6.07, 6.45) is 1.50. The topological polar surface area (TPSA) is 32.3 Å². The van der Waals surface area contributed by atoms with Gasteiger partial charge in [0.1, 0.15) is 0 Å². The van der Waals surface area contributed by atoms with Gasteiger partial charge in [-0.1, -0.05) is 36.4 Å². The molecule has 1 amide bonds. The fourth-order valence-electron chi connectivity index (χ4n) is 2.94. The molecule has 2 aromatic carbocycles. The lowest BCUT2D eigenvalue weighted by molar-refractivity contribution is -0.131. The molecule has 1 heterocycles. The lowest BCUT2D eigenvalue weighted by Gasteiger charge is -2.29. The predicted molar refractivity (Wildman–Crippen MR) is 89.8 cm³/mol. The predicted octanol–water partition coefficient (Wildman–Crippen LogP) is 3.38. The average Bonchev–Trinajstić information content (AvgIpc) is 2.54. The summed E-state index contributed by atoms with van der Waals surface area (Å²) in [4.78, 5) is 14.3. The Hall–Kier alpha value is -2.29. The molecule has 0 unspecified atom stereocenters. The zero-order valence-corrected chi connectivity index (χ0v) is 13.0. The van der Waals surface area contributed by atoms with Gasteiger partial charge in [-0.15, -0.1) is 0 Å². The number of anilines is 1. The molecule has 3 rings (SSSR count). The Bertz CT molecular complexity index is 666. The molecule has 0 aliphatic carbocycles. The number of benzene rings is 2. The summed E-state index contributed by atoms with van der Waals surface area (Å²) in [7, 11) is 0. The number of carbonyl (C=O) groups is 1. The van der Waals surface area contributed by atoms with Gasteiger partial charge in [-0.05, 0) is 42.2 Å². The number of hydrogen-bond acceptors (Lipinski definition) is 2. The minimum absolute atomic E-state index is 0.231. The van der Waals surface area contributed by atoms with Crippen molar-refractivity contribution in [2.24, 2.45) is 0 Å². The summed E-state index contributed by atoms with van der Waals surface area (Å²) < 4.78 is 0. The van der Waals surface area contributed by atoms with Gasteiger partial charge >= 0.3 is 0 Å². The maximum Gasteiger partial charge on any atom is 0.224 e. The molecule has 0 spiro atoms. The van der Waals surface area contributed by atoms with Gasteiger partial charge in [0.05, 0.1) is 0 Å². The smallest absolute Gasteiger partial charge is 0.224 e. The first-order valence-electron chi connectivity index (χ1n) is 7.87. The van der Waals surface area contributed by atoms with Crippen LogP contribution in [0.2, 0.25) is 0 Å². The quantitative estimate of drug-likeness (QED) is 0.937. The van der Waals surface area contributed by atoms with Crippen molar-refractivity contribution < 1.29 is 4.79 Å². The highest BCUT2D eigenvalue weighted by atomic mass is 16.2. The van der Waals surface area contributed by atoms with Crippen molar-refractivity contribution in [1.82, 2.24) is 4.90 Å². The van der Waals surface area contributed by atoms with Crippen LogP contribution < -0.4 is 5.32 Å². The van der Waals surface area contributed by atoms with E-state index in [4.69, 9.17) is 0 Å². The van der Waals surface area contributed by atoms with Crippen LogP contribution in [0.4, 0.5) is 5.69 Å². The summed E-state index contributed by atoms with van der Waals surface area (Å²) in [5.41, 5.74) is 4.97. The number of amides is 1. The van der Waals surface area contributed by atoms with Crippen LogP contribution in [-0.2, 0) is 17.8 Å². The minimum atomic E-state index is 0.231. The van der Waals surface area contributed by atoms with E-state index in [1.54, 1.807) is 0 Å². The second-order valence-corrected chi connectivity index (χ2v) is 5.88. The Labute approximate surface area is 132 Å². The lowest BCUT2D eigenvalue weighted by Crippen LogP contribution is -2.36. The van der Waals surface area contributed by atoms with Crippen molar-refractivity contribution >= 4 is 11.6 Å². The molecule has 22 heavy (non-hydrogen) atoms. The van der Waals surface area contributed by atoms with Gasteiger partial charge in [0, 0.05) is 31.7 Å². The van der Waals surface area contributed by atoms with Gasteiger partial charge in [0.15, 0.2) is 0 Å². The number of carbonyl (C=O) groups excluding carboxylic acids is 1. The lowest BCUT2D eigenvalue weighted by atomic mass is 10.00. The summed E-state index contributed by atoms with van der Waals surface area (Å²) in [5.74, 6) is 0.231. The van der Waals surface area contributed by atoms with E-state index in [2.05, 4.69) is 42.6 Å². The number of nitrogens with zero attached hydrogens (tertiary/aromatic N) is 1. The molecule has 2 aromatic rings. The molecule has 0 radical (unpaired) electrons. The average molecular weight is 294 g/mol. The number of aryl methyl sites for hydroxylation is 1. The molecule has 0 bridgehead atoms. The Kier molecular flexibility index (Phi) is 4.42. The third-order valence-corrected chi connectivity index (χ3v) is 4.17. The molecule has 0 saturated carbocycles. The summed E-state index contributed by atoms with van der Waals surface area (Å²) in [6, 6.07) is 16.6. The molecule has 3 heteroatoms. The molecular formula is C19H22N2O. The maximum absolute atomic E-state index is 12.4. The summed E-state index contributed by atoms with van der Waals surface area (Å²) in [5, 5.41) is 3.33. The fraction of sp³-hybridized carbons (Fsp3) is 0.316. The Morgan fingerprint density at radius 2 is 1.95 bits per heavy atom. The van der Waals surface area contributed by atoms with Gasteiger partial charge in [-0.2, -0.15) is 0 Å². The van der Waals surface area contributed by atoms with Crippen LogP contribution in [-0.4, -0.2) is 23.9 Å². The standard InChI is InChI=1S/C19H22N2O/c1-15-5-4-8-18(13-15)20-11-9-19(22)21-12-10-16-6-2-3-7-17(16)14-21/h2-8,13,20H,9-12,14H2,1H3. The number of hydrogen-bond donors (Lipinski definition) is 1. The van der Waals surface area contributed by atoms with Crippen LogP contribution in [0.3, 0.4) is 0 Å². The normalized spacial score (nSPS) is 13.6. The first kappa shape index (κ1) is 14.6. The second kappa shape index (κ2) is 6.65. The maximum atomic E-state index is 12.4. The van der Waals surface area contributed by atoms with E-state index >= 15 is 0 Å². The van der Waals surface area contributed by atoms with Gasteiger partial charge < -0.3 is 10.2 Å². The van der Waals surface area contributed by atoms with E-state index in [0.29, 0.717) is 13.0 Å². The van der Waals surface area contributed by atoms with E-state index < -0.39 is 0 Å². The summed E-state index contributed by atoms with van der Waals surface area (Å²) >= 11 is 0. The second-order valence-electron chi connectivity index (χ2n) is 5.88. The first-order chi connectivity index (χ1) is 10.7. The highest BCUT2D eigenvalue weighted by Gasteiger charge is 2.19. The van der Waals surface area contributed by atoms with Crippen molar-refractivity contribution in [2.75, 3.05) is 18.4 Å². The van der Waals surface area contributed by atoms with E-state index in [-0.39, 0.29) is 5.91 Å². The molecule has 3 nitrogen and oxygen atoms in total. The molecular weight excluding hydrogens is 272 g/mol. The SMILES string of the molecule is Cc1cccc(NCCC(=O)N2CCc3ccccc3C2)c1. The highest BCUT2D eigenvalue weighted by molar-refractivity contribution is 5.77. The Morgan fingerprint density at radius 1 is 1.14 bits per heavy atom. The van der Waals surface area contributed by atoms with Gasteiger partial charge in [-0.3, -0.25) is 4.79 Å². The monoisotopic (exact) mass is 294 g/mol. The minimum Gasteiger partial charge on any atom is -0.385 e. The van der Waals surface area contributed by atoms with Gasteiger partial charge in [-0.25, -0.2) is 0 Å². The molecule has 0 fully saturated rings. The Balaban J connectivity index is 1.51. The highest BCUT2D eigenvalue weighted by Crippen LogP contribution is 2.19. The van der Waals surface area contributed by atoms with Crippen LogP contribution in [0, 0.1) is 6.92 Å².